The molecule has 1 aromatic heterocycles. The predicted octanol–water partition coefficient (Wildman–Crippen LogP) is 3.46. The van der Waals surface area contributed by atoms with Crippen LogP contribution in [0.5, 0.6) is 0 Å². The first-order valence-corrected chi connectivity index (χ1v) is 5.99. The van der Waals surface area contributed by atoms with Crippen LogP contribution in [0, 0.1) is 12.7 Å². The average Bonchev–Trinajstić information content (AvgIpc) is 2.35. The molecule has 1 unspecified atom stereocenters. The fourth-order valence-corrected chi connectivity index (χ4v) is 2.01. The molecule has 2 rings (SSSR count). The molecule has 0 saturated heterocycles. The molecule has 0 saturated carbocycles. The Morgan fingerprint density at radius 2 is 2.17 bits per heavy atom. The van der Waals surface area contributed by atoms with Gasteiger partial charge in [0, 0.05) is 18.3 Å². The van der Waals surface area contributed by atoms with Gasteiger partial charge in [0.2, 0.25) is 0 Å². The number of rotatable bonds is 3. The molecular weight excluding hydrogens is 253 g/mol. The van der Waals surface area contributed by atoms with E-state index in [2.05, 4.69) is 4.98 Å². The number of hydrogen-bond donors (Lipinski definition) is 1. The summed E-state index contributed by atoms with van der Waals surface area (Å²) in [5.74, 6) is -0.465. The summed E-state index contributed by atoms with van der Waals surface area (Å²) in [5, 5.41) is 10.2. The zero-order valence-corrected chi connectivity index (χ0v) is 10.7. The zero-order chi connectivity index (χ0) is 13.1. The van der Waals surface area contributed by atoms with Crippen molar-refractivity contribution in [3.8, 4) is 0 Å². The Kier molecular flexibility index (Phi) is 3.94. The van der Waals surface area contributed by atoms with E-state index in [1.54, 1.807) is 30.5 Å². The fraction of sp³-hybridized carbons (Fsp3) is 0.214. The Bertz CT molecular complexity index is 559. The SMILES string of the molecule is Cc1cc(C(O)Cc2cccc(F)c2Cl)ccn1. The zero-order valence-electron chi connectivity index (χ0n) is 9.90. The Morgan fingerprint density at radius 1 is 1.39 bits per heavy atom. The highest BCUT2D eigenvalue weighted by Crippen LogP contribution is 2.25. The highest BCUT2D eigenvalue weighted by atomic mass is 35.5. The minimum atomic E-state index is -0.717. The van der Waals surface area contributed by atoms with E-state index < -0.39 is 11.9 Å². The topological polar surface area (TPSA) is 33.1 Å². The second-order valence-electron chi connectivity index (χ2n) is 4.16. The van der Waals surface area contributed by atoms with Crippen LogP contribution in [0.3, 0.4) is 0 Å². The molecule has 1 aromatic carbocycles. The van der Waals surface area contributed by atoms with Crippen molar-refractivity contribution in [2.24, 2.45) is 0 Å². The minimum Gasteiger partial charge on any atom is -0.388 e. The second kappa shape index (κ2) is 5.46. The number of halogens is 2. The molecule has 0 spiro atoms. The summed E-state index contributed by atoms with van der Waals surface area (Å²) in [6, 6.07) is 8.14. The number of benzene rings is 1. The first-order chi connectivity index (χ1) is 8.58. The van der Waals surface area contributed by atoms with Crippen LogP contribution in [0.1, 0.15) is 22.9 Å². The van der Waals surface area contributed by atoms with Crippen molar-refractivity contribution in [2.75, 3.05) is 0 Å². The normalized spacial score (nSPS) is 12.4. The summed E-state index contributed by atoms with van der Waals surface area (Å²) in [7, 11) is 0. The lowest BCUT2D eigenvalue weighted by atomic mass is 10.0. The lowest BCUT2D eigenvalue weighted by Crippen LogP contribution is -2.03. The minimum absolute atomic E-state index is 0.0716. The summed E-state index contributed by atoms with van der Waals surface area (Å²) in [6.45, 7) is 1.85. The summed E-state index contributed by atoms with van der Waals surface area (Å²) < 4.78 is 13.3. The van der Waals surface area contributed by atoms with Crippen molar-refractivity contribution in [2.45, 2.75) is 19.4 Å². The monoisotopic (exact) mass is 265 g/mol. The van der Waals surface area contributed by atoms with E-state index in [4.69, 9.17) is 11.6 Å². The summed E-state index contributed by atoms with van der Waals surface area (Å²) >= 11 is 5.86. The van der Waals surface area contributed by atoms with Crippen molar-refractivity contribution in [1.29, 1.82) is 0 Å². The van der Waals surface area contributed by atoms with Gasteiger partial charge in [0.1, 0.15) is 5.82 Å². The van der Waals surface area contributed by atoms with E-state index in [0.717, 1.165) is 11.3 Å². The molecular formula is C14H13ClFNO. The molecule has 0 aliphatic heterocycles. The van der Waals surface area contributed by atoms with E-state index >= 15 is 0 Å². The van der Waals surface area contributed by atoms with Crippen LogP contribution in [0.15, 0.2) is 36.5 Å². The van der Waals surface area contributed by atoms with Gasteiger partial charge in [0.25, 0.3) is 0 Å². The van der Waals surface area contributed by atoms with Gasteiger partial charge in [-0.1, -0.05) is 23.7 Å². The van der Waals surface area contributed by atoms with Gasteiger partial charge < -0.3 is 5.11 Å². The molecule has 0 fully saturated rings. The second-order valence-corrected chi connectivity index (χ2v) is 4.54. The van der Waals surface area contributed by atoms with Crippen molar-refractivity contribution in [1.82, 2.24) is 4.98 Å². The molecule has 1 atom stereocenters. The number of pyridine rings is 1. The third kappa shape index (κ3) is 2.86. The van der Waals surface area contributed by atoms with Crippen LogP contribution in [-0.4, -0.2) is 10.1 Å². The molecule has 0 bridgehead atoms. The molecule has 0 radical (unpaired) electrons. The van der Waals surface area contributed by atoms with E-state index in [1.165, 1.54) is 6.07 Å². The van der Waals surface area contributed by atoms with Gasteiger partial charge in [0.05, 0.1) is 11.1 Å². The third-order valence-electron chi connectivity index (χ3n) is 2.75. The number of aliphatic hydroxyl groups is 1. The summed E-state index contributed by atoms with van der Waals surface area (Å²) in [4.78, 5) is 4.06. The molecule has 0 aliphatic rings. The Balaban J connectivity index is 2.21. The Morgan fingerprint density at radius 3 is 2.89 bits per heavy atom. The van der Waals surface area contributed by atoms with Crippen LogP contribution in [0.25, 0.3) is 0 Å². The number of aryl methyl sites for hydroxylation is 1. The van der Waals surface area contributed by atoms with Gasteiger partial charge in [-0.25, -0.2) is 4.39 Å². The van der Waals surface area contributed by atoms with E-state index in [1.807, 2.05) is 6.92 Å². The lowest BCUT2D eigenvalue weighted by molar-refractivity contribution is 0.178. The van der Waals surface area contributed by atoms with Gasteiger partial charge in [0.15, 0.2) is 0 Å². The van der Waals surface area contributed by atoms with Crippen molar-refractivity contribution in [3.05, 3.63) is 64.2 Å². The number of aliphatic hydroxyl groups excluding tert-OH is 1. The molecule has 4 heteroatoms. The number of nitrogens with zero attached hydrogens (tertiary/aromatic N) is 1. The highest BCUT2D eigenvalue weighted by Gasteiger charge is 2.13. The van der Waals surface area contributed by atoms with Crippen LogP contribution >= 0.6 is 11.6 Å². The third-order valence-corrected chi connectivity index (χ3v) is 3.17. The quantitative estimate of drug-likeness (QED) is 0.922. The van der Waals surface area contributed by atoms with Gasteiger partial charge in [-0.05, 0) is 36.2 Å². The van der Waals surface area contributed by atoms with Crippen molar-refractivity contribution >= 4 is 11.6 Å². The number of hydrogen-bond acceptors (Lipinski definition) is 2. The smallest absolute Gasteiger partial charge is 0.142 e. The fourth-order valence-electron chi connectivity index (χ4n) is 1.81. The lowest BCUT2D eigenvalue weighted by Gasteiger charge is -2.12. The van der Waals surface area contributed by atoms with E-state index in [0.29, 0.717) is 5.56 Å². The van der Waals surface area contributed by atoms with Crippen LogP contribution < -0.4 is 0 Å². The van der Waals surface area contributed by atoms with Crippen molar-refractivity contribution < 1.29 is 9.50 Å². The maximum atomic E-state index is 13.3. The molecule has 1 heterocycles. The molecule has 18 heavy (non-hydrogen) atoms. The first-order valence-electron chi connectivity index (χ1n) is 5.61. The Hall–Kier alpha value is -1.45. The first kappa shape index (κ1) is 13.0. The number of aromatic nitrogens is 1. The molecule has 1 N–H and O–H groups in total. The van der Waals surface area contributed by atoms with Gasteiger partial charge in [-0.2, -0.15) is 0 Å². The largest absolute Gasteiger partial charge is 0.388 e. The van der Waals surface area contributed by atoms with Gasteiger partial charge >= 0.3 is 0 Å². The van der Waals surface area contributed by atoms with Gasteiger partial charge in [-0.3, -0.25) is 4.98 Å². The van der Waals surface area contributed by atoms with E-state index in [-0.39, 0.29) is 11.4 Å². The molecule has 0 aliphatic carbocycles. The van der Waals surface area contributed by atoms with Gasteiger partial charge in [-0.15, -0.1) is 0 Å². The average molecular weight is 266 g/mol. The summed E-state index contributed by atoms with van der Waals surface area (Å²) in [6.07, 6.45) is 1.20. The maximum absolute atomic E-state index is 13.3. The molecule has 94 valence electrons. The highest BCUT2D eigenvalue weighted by molar-refractivity contribution is 6.31. The predicted molar refractivity (Wildman–Crippen MR) is 69.0 cm³/mol. The van der Waals surface area contributed by atoms with E-state index in [9.17, 15) is 9.50 Å². The van der Waals surface area contributed by atoms with Crippen LogP contribution in [0.4, 0.5) is 4.39 Å². The molecule has 2 nitrogen and oxygen atoms in total. The summed E-state index contributed by atoms with van der Waals surface area (Å²) in [5.41, 5.74) is 2.18. The van der Waals surface area contributed by atoms with Crippen LogP contribution in [0.2, 0.25) is 5.02 Å². The Labute approximate surface area is 110 Å². The standard InChI is InChI=1S/C14H13ClFNO/c1-9-7-10(5-6-17-9)13(18)8-11-3-2-4-12(16)14(11)15/h2-7,13,18H,8H2,1H3. The maximum Gasteiger partial charge on any atom is 0.142 e. The molecule has 0 amide bonds. The molecule has 2 aromatic rings. The van der Waals surface area contributed by atoms with Crippen LogP contribution in [-0.2, 0) is 6.42 Å². The van der Waals surface area contributed by atoms with Crippen molar-refractivity contribution in [3.63, 3.8) is 0 Å².